The summed E-state index contributed by atoms with van der Waals surface area (Å²) < 4.78 is 41.1. The monoisotopic (exact) mass is 422 g/mol. The fourth-order valence-corrected chi connectivity index (χ4v) is 4.43. The van der Waals surface area contributed by atoms with Gasteiger partial charge in [-0.15, -0.1) is 16.4 Å². The molecule has 1 atom stereocenters. The molecule has 0 saturated heterocycles. The summed E-state index contributed by atoms with van der Waals surface area (Å²) in [6.45, 7) is 0. The number of aromatic nitrogens is 2. The summed E-state index contributed by atoms with van der Waals surface area (Å²) in [5.41, 5.74) is 10.4. The third kappa shape index (κ3) is 3.76. The molecule has 0 aliphatic heterocycles. The predicted octanol–water partition coefficient (Wildman–Crippen LogP) is 3.57. The lowest BCUT2D eigenvalue weighted by atomic mass is 9.81. The lowest BCUT2D eigenvalue weighted by molar-refractivity contribution is -0.138. The highest BCUT2D eigenvalue weighted by atomic mass is 35.5. The molecule has 138 valence electrons. The molecule has 0 amide bonds. The van der Waals surface area contributed by atoms with Gasteiger partial charge in [-0.3, -0.25) is 0 Å². The van der Waals surface area contributed by atoms with Crippen molar-refractivity contribution in [2.24, 2.45) is 21.7 Å². The summed E-state index contributed by atoms with van der Waals surface area (Å²) in [6, 6.07) is 1.68. The van der Waals surface area contributed by atoms with Crippen LogP contribution in [0.3, 0.4) is 0 Å². The van der Waals surface area contributed by atoms with Gasteiger partial charge in [-0.05, 0) is 30.4 Å². The number of guanidine groups is 1. The van der Waals surface area contributed by atoms with Gasteiger partial charge in [0.25, 0.3) is 0 Å². The number of nitrogens with two attached hydrogens (primary N) is 2. The summed E-state index contributed by atoms with van der Waals surface area (Å²) in [7, 11) is 0. The van der Waals surface area contributed by atoms with E-state index < -0.39 is 11.7 Å². The van der Waals surface area contributed by atoms with Gasteiger partial charge in [-0.1, -0.05) is 23.2 Å². The van der Waals surface area contributed by atoms with Crippen LogP contribution in [0.4, 0.5) is 13.2 Å². The standard InChI is InChI=1S/C14H11Cl2F3N6S/c15-10-3-6(12(16)26-10)5-1-8-11(9(2-5)24-25-13(20)21)7(4-22-23-8)14(17,18)19/h3-5H,1-2H2,(H4,20,21,25). The van der Waals surface area contributed by atoms with Gasteiger partial charge in [0.2, 0.25) is 5.96 Å². The van der Waals surface area contributed by atoms with E-state index in [1.807, 2.05) is 0 Å². The van der Waals surface area contributed by atoms with E-state index in [1.54, 1.807) is 6.07 Å². The Labute approximate surface area is 159 Å². The first-order valence-electron chi connectivity index (χ1n) is 7.19. The molecule has 3 rings (SSSR count). The number of alkyl halides is 3. The van der Waals surface area contributed by atoms with Gasteiger partial charge in [-0.2, -0.15) is 28.5 Å². The molecule has 6 nitrogen and oxygen atoms in total. The number of rotatable bonds is 2. The number of hydrogen-bond acceptors (Lipinski definition) is 5. The molecule has 26 heavy (non-hydrogen) atoms. The number of hydrogen-bond donors (Lipinski definition) is 2. The van der Waals surface area contributed by atoms with Crippen LogP contribution in [0, 0.1) is 0 Å². The quantitative estimate of drug-likeness (QED) is 0.438. The van der Waals surface area contributed by atoms with Crippen LogP contribution in [0.5, 0.6) is 0 Å². The highest BCUT2D eigenvalue weighted by Gasteiger charge is 2.40. The van der Waals surface area contributed by atoms with Gasteiger partial charge in [0, 0.05) is 5.56 Å². The minimum absolute atomic E-state index is 0.0604. The van der Waals surface area contributed by atoms with Gasteiger partial charge in [0.15, 0.2) is 0 Å². The van der Waals surface area contributed by atoms with Gasteiger partial charge in [0.05, 0.1) is 31.8 Å². The van der Waals surface area contributed by atoms with E-state index >= 15 is 0 Å². The van der Waals surface area contributed by atoms with E-state index in [0.717, 1.165) is 0 Å². The molecule has 2 aromatic heterocycles. The van der Waals surface area contributed by atoms with Crippen LogP contribution in [0.1, 0.15) is 34.7 Å². The fraction of sp³-hybridized carbons (Fsp3) is 0.286. The zero-order chi connectivity index (χ0) is 19.1. The van der Waals surface area contributed by atoms with E-state index in [0.29, 0.717) is 20.4 Å². The van der Waals surface area contributed by atoms with Crippen LogP contribution in [-0.2, 0) is 12.6 Å². The second-order valence-electron chi connectivity index (χ2n) is 5.53. The molecular formula is C14H11Cl2F3N6S. The van der Waals surface area contributed by atoms with Gasteiger partial charge in [0.1, 0.15) is 0 Å². The maximum absolute atomic E-state index is 13.4. The maximum Gasteiger partial charge on any atom is 0.418 e. The van der Waals surface area contributed by atoms with Crippen LogP contribution in [0.15, 0.2) is 22.5 Å². The van der Waals surface area contributed by atoms with Crippen molar-refractivity contribution in [3.8, 4) is 0 Å². The first-order chi connectivity index (χ1) is 12.2. The van der Waals surface area contributed by atoms with Crippen molar-refractivity contribution in [2.45, 2.75) is 24.9 Å². The second-order valence-corrected chi connectivity index (χ2v) is 7.82. The zero-order valence-corrected chi connectivity index (χ0v) is 15.2. The van der Waals surface area contributed by atoms with E-state index in [2.05, 4.69) is 20.4 Å². The molecule has 2 aromatic rings. The Balaban J connectivity index is 2.15. The summed E-state index contributed by atoms with van der Waals surface area (Å²) >= 11 is 13.4. The molecule has 0 bridgehead atoms. The van der Waals surface area contributed by atoms with Gasteiger partial charge in [-0.25, -0.2) is 0 Å². The van der Waals surface area contributed by atoms with Crippen molar-refractivity contribution in [2.75, 3.05) is 0 Å². The topological polar surface area (TPSA) is 103 Å². The largest absolute Gasteiger partial charge is 0.418 e. The van der Waals surface area contributed by atoms with Crippen LogP contribution in [0.2, 0.25) is 8.67 Å². The molecule has 0 spiro atoms. The van der Waals surface area contributed by atoms with Crippen molar-refractivity contribution in [1.82, 2.24) is 10.2 Å². The summed E-state index contributed by atoms with van der Waals surface area (Å²) in [6.07, 6.45) is -3.60. The minimum Gasteiger partial charge on any atom is -0.369 e. The maximum atomic E-state index is 13.4. The molecule has 0 radical (unpaired) electrons. The summed E-state index contributed by atoms with van der Waals surface area (Å²) in [5.74, 6) is -0.641. The van der Waals surface area contributed by atoms with E-state index in [9.17, 15) is 13.2 Å². The smallest absolute Gasteiger partial charge is 0.369 e. The summed E-state index contributed by atoms with van der Waals surface area (Å²) in [5, 5.41) is 14.7. The second kappa shape index (κ2) is 7.01. The number of fused-ring (bicyclic) bond motifs is 1. The molecule has 12 heteroatoms. The first kappa shape index (κ1) is 18.9. The Bertz CT molecular complexity index is 905. The highest BCUT2D eigenvalue weighted by Crippen LogP contribution is 2.43. The van der Waals surface area contributed by atoms with Crippen molar-refractivity contribution < 1.29 is 13.2 Å². The summed E-state index contributed by atoms with van der Waals surface area (Å²) in [4.78, 5) is 0. The van der Waals surface area contributed by atoms with Crippen LogP contribution >= 0.6 is 34.5 Å². The highest BCUT2D eigenvalue weighted by molar-refractivity contribution is 7.20. The Kier molecular flexibility index (Phi) is 5.09. The normalized spacial score (nSPS) is 18.7. The van der Waals surface area contributed by atoms with Crippen molar-refractivity contribution in [3.05, 3.63) is 43.3 Å². The third-order valence-electron chi connectivity index (χ3n) is 3.81. The number of halogens is 5. The zero-order valence-electron chi connectivity index (χ0n) is 12.9. The predicted molar refractivity (Wildman–Crippen MR) is 94.8 cm³/mol. The van der Waals surface area contributed by atoms with Crippen LogP contribution in [-0.4, -0.2) is 21.9 Å². The molecule has 1 aliphatic carbocycles. The van der Waals surface area contributed by atoms with E-state index in [-0.39, 0.29) is 41.7 Å². The van der Waals surface area contributed by atoms with Gasteiger partial charge < -0.3 is 11.5 Å². The number of thiophene rings is 1. The van der Waals surface area contributed by atoms with E-state index in [1.165, 1.54) is 11.3 Å². The molecule has 2 heterocycles. The Hall–Kier alpha value is -1.91. The number of nitrogens with zero attached hydrogens (tertiary/aromatic N) is 4. The first-order valence-corrected chi connectivity index (χ1v) is 8.76. The van der Waals surface area contributed by atoms with Crippen molar-refractivity contribution >= 4 is 46.2 Å². The SMILES string of the molecule is NC(N)=NN=C1CC(c2cc(Cl)sc2Cl)Cc2nncc(C(F)(F)F)c21. The Morgan fingerprint density at radius 3 is 2.58 bits per heavy atom. The molecule has 1 aliphatic rings. The third-order valence-corrected chi connectivity index (χ3v) is 5.32. The Morgan fingerprint density at radius 1 is 1.27 bits per heavy atom. The minimum atomic E-state index is -4.62. The average molecular weight is 423 g/mol. The van der Waals surface area contributed by atoms with E-state index in [4.69, 9.17) is 34.7 Å². The molecule has 1 unspecified atom stereocenters. The van der Waals surface area contributed by atoms with Crippen molar-refractivity contribution in [1.29, 1.82) is 0 Å². The molecular weight excluding hydrogens is 412 g/mol. The molecule has 0 aromatic carbocycles. The van der Waals surface area contributed by atoms with Crippen LogP contribution in [0.25, 0.3) is 0 Å². The van der Waals surface area contributed by atoms with Crippen LogP contribution < -0.4 is 11.5 Å². The molecule has 4 N–H and O–H groups in total. The van der Waals surface area contributed by atoms with Gasteiger partial charge >= 0.3 is 6.18 Å². The lowest BCUT2D eigenvalue weighted by Crippen LogP contribution is -2.26. The molecule has 0 saturated carbocycles. The molecule has 0 fully saturated rings. The lowest BCUT2D eigenvalue weighted by Gasteiger charge is -2.26. The fourth-order valence-electron chi connectivity index (χ4n) is 2.81. The van der Waals surface area contributed by atoms with Crippen molar-refractivity contribution in [3.63, 3.8) is 0 Å². The average Bonchev–Trinajstić information content (AvgIpc) is 2.89. The Morgan fingerprint density at radius 2 is 2.00 bits per heavy atom.